The lowest BCUT2D eigenvalue weighted by molar-refractivity contribution is -0.116. The maximum absolute atomic E-state index is 12.2. The van der Waals surface area contributed by atoms with E-state index in [0.717, 1.165) is 24.1 Å². The summed E-state index contributed by atoms with van der Waals surface area (Å²) in [7, 11) is 0. The van der Waals surface area contributed by atoms with Crippen molar-refractivity contribution < 1.29 is 9.53 Å². The van der Waals surface area contributed by atoms with Crippen LogP contribution in [-0.2, 0) is 11.2 Å². The number of hydrogen-bond acceptors (Lipinski definition) is 4. The lowest BCUT2D eigenvalue weighted by atomic mass is 10.1. The van der Waals surface area contributed by atoms with Gasteiger partial charge < -0.3 is 10.1 Å². The van der Waals surface area contributed by atoms with Crippen LogP contribution in [0, 0.1) is 18.3 Å². The second-order valence-corrected chi connectivity index (χ2v) is 6.43. The first-order chi connectivity index (χ1) is 13.7. The number of nitrogens with one attached hydrogen (secondary N) is 1. The number of carbonyl (C=O) groups excluding carboxylic acids is 1. The van der Waals surface area contributed by atoms with Crippen molar-refractivity contribution in [2.45, 2.75) is 26.2 Å². The summed E-state index contributed by atoms with van der Waals surface area (Å²) < 4.78 is 5.71. The number of nitriles is 1. The maximum atomic E-state index is 12.2. The summed E-state index contributed by atoms with van der Waals surface area (Å²) in [6.45, 7) is 1.90. The summed E-state index contributed by atoms with van der Waals surface area (Å²) in [5.41, 5.74) is 3.23. The minimum Gasteiger partial charge on any atom is -0.438 e. The molecule has 0 fully saturated rings. The van der Waals surface area contributed by atoms with E-state index in [9.17, 15) is 4.79 Å². The summed E-state index contributed by atoms with van der Waals surface area (Å²) >= 11 is 0. The predicted molar refractivity (Wildman–Crippen MR) is 108 cm³/mol. The van der Waals surface area contributed by atoms with Gasteiger partial charge >= 0.3 is 0 Å². The molecule has 2 aromatic carbocycles. The number of hydrogen-bond donors (Lipinski definition) is 1. The van der Waals surface area contributed by atoms with Gasteiger partial charge in [-0.3, -0.25) is 4.79 Å². The number of aromatic nitrogens is 1. The van der Waals surface area contributed by atoms with Crippen molar-refractivity contribution in [2.75, 3.05) is 5.32 Å². The molecule has 0 aliphatic heterocycles. The molecule has 28 heavy (non-hydrogen) atoms. The summed E-state index contributed by atoms with van der Waals surface area (Å²) in [4.78, 5) is 16.3. The van der Waals surface area contributed by atoms with Gasteiger partial charge in [-0.25, -0.2) is 4.98 Å². The van der Waals surface area contributed by atoms with Crippen molar-refractivity contribution >= 4 is 11.6 Å². The highest BCUT2D eigenvalue weighted by molar-refractivity contribution is 5.91. The van der Waals surface area contributed by atoms with Gasteiger partial charge in [0.1, 0.15) is 17.4 Å². The fraction of sp³-hybridized carbons (Fsp3) is 0.174. The summed E-state index contributed by atoms with van der Waals surface area (Å²) in [5, 5.41) is 12.1. The van der Waals surface area contributed by atoms with E-state index in [2.05, 4.69) is 28.5 Å². The van der Waals surface area contributed by atoms with E-state index in [0.29, 0.717) is 17.7 Å². The Morgan fingerprint density at radius 2 is 1.96 bits per heavy atom. The van der Waals surface area contributed by atoms with Crippen molar-refractivity contribution in [1.82, 2.24) is 4.98 Å². The van der Waals surface area contributed by atoms with Crippen molar-refractivity contribution in [3.8, 4) is 17.7 Å². The zero-order chi connectivity index (χ0) is 19.8. The molecule has 0 aliphatic rings. The second-order valence-electron chi connectivity index (χ2n) is 6.43. The maximum Gasteiger partial charge on any atom is 0.237 e. The third kappa shape index (κ3) is 5.18. The Morgan fingerprint density at radius 3 is 2.71 bits per heavy atom. The third-order valence-electron chi connectivity index (χ3n) is 4.29. The Kier molecular flexibility index (Phi) is 6.37. The highest BCUT2D eigenvalue weighted by Crippen LogP contribution is 2.26. The van der Waals surface area contributed by atoms with Gasteiger partial charge in [-0.05, 0) is 61.2 Å². The molecule has 0 radical (unpaired) electrons. The zero-order valence-electron chi connectivity index (χ0n) is 15.7. The largest absolute Gasteiger partial charge is 0.438 e. The molecular formula is C23H21N3O2. The number of anilines is 1. The van der Waals surface area contributed by atoms with E-state index in [4.69, 9.17) is 10.00 Å². The molecule has 0 atom stereocenters. The smallest absolute Gasteiger partial charge is 0.237 e. The van der Waals surface area contributed by atoms with Crippen molar-refractivity contribution in [3.63, 3.8) is 0 Å². The number of aryl methyl sites for hydroxylation is 2. The van der Waals surface area contributed by atoms with E-state index in [1.807, 2.05) is 31.2 Å². The van der Waals surface area contributed by atoms with E-state index in [1.54, 1.807) is 30.5 Å². The molecular weight excluding hydrogens is 350 g/mol. The van der Waals surface area contributed by atoms with Crippen LogP contribution in [0.5, 0.6) is 11.6 Å². The standard InChI is InChI=1S/C23H21N3O2/c1-17-15-20(28-23-19(16-24)10-6-14-25-23)12-13-21(17)26-22(27)11-5-9-18-7-3-2-4-8-18/h2-4,6-8,10,12-15H,5,9,11H2,1H3,(H,26,27). The molecule has 0 bridgehead atoms. The average Bonchev–Trinajstić information content (AvgIpc) is 2.71. The lowest BCUT2D eigenvalue weighted by Crippen LogP contribution is -2.12. The van der Waals surface area contributed by atoms with Gasteiger partial charge in [-0.15, -0.1) is 0 Å². The molecule has 0 spiro atoms. The molecule has 5 heteroatoms. The number of pyridine rings is 1. The van der Waals surface area contributed by atoms with Gasteiger partial charge in [0.15, 0.2) is 0 Å². The molecule has 1 heterocycles. The Bertz CT molecular complexity index is 994. The Hall–Kier alpha value is -3.65. The van der Waals surface area contributed by atoms with Crippen molar-refractivity contribution in [3.05, 3.63) is 83.6 Å². The van der Waals surface area contributed by atoms with E-state index in [1.165, 1.54) is 5.56 Å². The van der Waals surface area contributed by atoms with Gasteiger partial charge in [0, 0.05) is 18.3 Å². The van der Waals surface area contributed by atoms with E-state index >= 15 is 0 Å². The number of rotatable bonds is 7. The molecule has 3 rings (SSSR count). The molecule has 140 valence electrons. The summed E-state index contributed by atoms with van der Waals surface area (Å²) in [5.74, 6) is 0.820. The third-order valence-corrected chi connectivity index (χ3v) is 4.29. The van der Waals surface area contributed by atoms with Crippen LogP contribution in [0.25, 0.3) is 0 Å². The van der Waals surface area contributed by atoms with Crippen molar-refractivity contribution in [1.29, 1.82) is 5.26 Å². The molecule has 0 saturated heterocycles. The average molecular weight is 371 g/mol. The molecule has 1 aromatic heterocycles. The molecule has 1 N–H and O–H groups in total. The first-order valence-electron chi connectivity index (χ1n) is 9.13. The summed E-state index contributed by atoms with van der Waals surface area (Å²) in [6.07, 6.45) is 3.72. The molecule has 5 nitrogen and oxygen atoms in total. The highest BCUT2D eigenvalue weighted by Gasteiger charge is 2.09. The van der Waals surface area contributed by atoms with Crippen LogP contribution in [0.15, 0.2) is 66.9 Å². The van der Waals surface area contributed by atoms with E-state index in [-0.39, 0.29) is 11.8 Å². The predicted octanol–water partition coefficient (Wildman–Crippen LogP) is 5.02. The van der Waals surface area contributed by atoms with Crippen LogP contribution < -0.4 is 10.1 Å². The van der Waals surface area contributed by atoms with Crippen LogP contribution in [0.4, 0.5) is 5.69 Å². The van der Waals surface area contributed by atoms with Crippen LogP contribution in [0.3, 0.4) is 0 Å². The second kappa shape index (κ2) is 9.33. The van der Waals surface area contributed by atoms with Gasteiger partial charge in [0.2, 0.25) is 11.8 Å². The number of carbonyl (C=O) groups is 1. The molecule has 0 saturated carbocycles. The fourth-order valence-electron chi connectivity index (χ4n) is 2.82. The Morgan fingerprint density at radius 1 is 1.14 bits per heavy atom. The minimum absolute atomic E-state index is 0.0100. The summed E-state index contributed by atoms with van der Waals surface area (Å²) in [6, 6.07) is 20.9. The normalized spacial score (nSPS) is 10.1. The fourth-order valence-corrected chi connectivity index (χ4v) is 2.82. The minimum atomic E-state index is -0.0100. The Labute approximate surface area is 164 Å². The SMILES string of the molecule is Cc1cc(Oc2ncccc2C#N)ccc1NC(=O)CCCc1ccccc1. The molecule has 0 unspecified atom stereocenters. The van der Waals surface area contributed by atoms with Crippen LogP contribution in [-0.4, -0.2) is 10.9 Å². The first-order valence-corrected chi connectivity index (χ1v) is 9.13. The number of ether oxygens (including phenoxy) is 1. The lowest BCUT2D eigenvalue weighted by Gasteiger charge is -2.11. The monoisotopic (exact) mass is 371 g/mol. The van der Waals surface area contributed by atoms with E-state index < -0.39 is 0 Å². The highest BCUT2D eigenvalue weighted by atomic mass is 16.5. The van der Waals surface area contributed by atoms with Crippen LogP contribution in [0.2, 0.25) is 0 Å². The molecule has 0 aliphatic carbocycles. The Balaban J connectivity index is 1.56. The van der Waals surface area contributed by atoms with Crippen molar-refractivity contribution in [2.24, 2.45) is 0 Å². The van der Waals surface area contributed by atoms with Gasteiger partial charge in [0.05, 0.1) is 0 Å². The topological polar surface area (TPSA) is 75.0 Å². The number of benzene rings is 2. The van der Waals surface area contributed by atoms with Gasteiger partial charge in [0.25, 0.3) is 0 Å². The van der Waals surface area contributed by atoms with Crippen LogP contribution >= 0.6 is 0 Å². The number of amides is 1. The van der Waals surface area contributed by atoms with Gasteiger partial charge in [-0.1, -0.05) is 30.3 Å². The molecule has 1 amide bonds. The van der Waals surface area contributed by atoms with Gasteiger partial charge in [-0.2, -0.15) is 5.26 Å². The quantitative estimate of drug-likeness (QED) is 0.633. The first kappa shape index (κ1) is 19.1. The molecule has 3 aromatic rings. The number of nitrogens with zero attached hydrogens (tertiary/aromatic N) is 2. The zero-order valence-corrected chi connectivity index (χ0v) is 15.7. The van der Waals surface area contributed by atoms with Crippen LogP contribution in [0.1, 0.15) is 29.5 Å².